The van der Waals surface area contributed by atoms with E-state index in [0.717, 1.165) is 10.8 Å². The van der Waals surface area contributed by atoms with Gasteiger partial charge in [-0.25, -0.2) is 0 Å². The molecule has 7 heteroatoms. The molecule has 0 aliphatic rings. The molecule has 0 radical (unpaired) electrons. The van der Waals surface area contributed by atoms with Crippen LogP contribution in [0.25, 0.3) is 10.8 Å². The van der Waals surface area contributed by atoms with Crippen molar-refractivity contribution in [2.24, 2.45) is 0 Å². The molecular formula is C21H20N2O4S. The number of thiocarbonyl (C=S) groups is 1. The zero-order chi connectivity index (χ0) is 20.1. The first-order valence-corrected chi connectivity index (χ1v) is 8.88. The van der Waals surface area contributed by atoms with Gasteiger partial charge >= 0.3 is 0 Å². The summed E-state index contributed by atoms with van der Waals surface area (Å²) in [4.78, 5) is 12.7. The van der Waals surface area contributed by atoms with Crippen LogP contribution in [0.3, 0.4) is 0 Å². The molecule has 0 spiro atoms. The minimum absolute atomic E-state index is 0.159. The van der Waals surface area contributed by atoms with E-state index in [-0.39, 0.29) is 11.0 Å². The molecule has 0 saturated heterocycles. The van der Waals surface area contributed by atoms with Crippen molar-refractivity contribution in [2.75, 3.05) is 26.6 Å². The number of methoxy groups -OCH3 is 3. The number of hydrogen-bond donors (Lipinski definition) is 2. The lowest BCUT2D eigenvalue weighted by Gasteiger charge is -2.16. The summed E-state index contributed by atoms with van der Waals surface area (Å²) >= 11 is 5.30. The topological polar surface area (TPSA) is 68.8 Å². The number of rotatable bonds is 5. The summed E-state index contributed by atoms with van der Waals surface area (Å²) < 4.78 is 15.9. The Kier molecular flexibility index (Phi) is 5.96. The first-order chi connectivity index (χ1) is 13.6. The van der Waals surface area contributed by atoms with Gasteiger partial charge in [0.15, 0.2) is 16.6 Å². The monoisotopic (exact) mass is 396 g/mol. The smallest absolute Gasteiger partial charge is 0.258 e. The lowest BCUT2D eigenvalue weighted by Crippen LogP contribution is -2.34. The third-order valence-electron chi connectivity index (χ3n) is 4.18. The van der Waals surface area contributed by atoms with Crippen molar-refractivity contribution in [1.82, 2.24) is 5.32 Å². The standard InChI is InChI=1S/C21H20N2O4S/c1-25-17-11-14(12-18(26-2)19(17)27-3)22-21(28)23-20(24)16-10-6-8-13-7-4-5-9-15(13)16/h4-12H,1-3H3,(H2,22,23,24,28). The molecule has 0 atom stereocenters. The Morgan fingerprint density at radius 2 is 1.54 bits per heavy atom. The van der Waals surface area contributed by atoms with Crippen LogP contribution in [0.1, 0.15) is 10.4 Å². The third kappa shape index (κ3) is 3.99. The largest absolute Gasteiger partial charge is 0.493 e. The van der Waals surface area contributed by atoms with Gasteiger partial charge in [0.2, 0.25) is 5.75 Å². The maximum absolute atomic E-state index is 12.7. The van der Waals surface area contributed by atoms with E-state index in [9.17, 15) is 4.79 Å². The van der Waals surface area contributed by atoms with Gasteiger partial charge in [-0.1, -0.05) is 36.4 Å². The molecule has 0 aliphatic carbocycles. The number of carbonyl (C=O) groups is 1. The summed E-state index contributed by atoms with van der Waals surface area (Å²) in [7, 11) is 4.59. The Labute approximate surface area is 168 Å². The highest BCUT2D eigenvalue weighted by atomic mass is 32.1. The van der Waals surface area contributed by atoms with Crippen molar-refractivity contribution >= 4 is 39.7 Å². The van der Waals surface area contributed by atoms with Crippen LogP contribution in [0.4, 0.5) is 5.69 Å². The Bertz CT molecular complexity index is 1010. The first kappa shape index (κ1) is 19.4. The third-order valence-corrected chi connectivity index (χ3v) is 4.39. The molecule has 0 bridgehead atoms. The van der Waals surface area contributed by atoms with E-state index in [1.165, 1.54) is 21.3 Å². The van der Waals surface area contributed by atoms with Gasteiger partial charge in [-0.2, -0.15) is 0 Å². The highest BCUT2D eigenvalue weighted by Gasteiger charge is 2.15. The SMILES string of the molecule is COc1cc(NC(=S)NC(=O)c2cccc3ccccc23)cc(OC)c1OC. The molecule has 0 aliphatic heterocycles. The molecule has 0 unspecified atom stereocenters. The molecule has 28 heavy (non-hydrogen) atoms. The fourth-order valence-electron chi connectivity index (χ4n) is 2.91. The minimum atomic E-state index is -0.290. The fraction of sp³-hybridized carbons (Fsp3) is 0.143. The van der Waals surface area contributed by atoms with Crippen molar-refractivity contribution in [3.05, 3.63) is 60.2 Å². The average molecular weight is 396 g/mol. The van der Waals surface area contributed by atoms with Crippen LogP contribution >= 0.6 is 12.2 Å². The summed E-state index contributed by atoms with van der Waals surface area (Å²) in [6.45, 7) is 0. The van der Waals surface area contributed by atoms with Crippen molar-refractivity contribution in [1.29, 1.82) is 0 Å². The van der Waals surface area contributed by atoms with Gasteiger partial charge in [0.05, 0.1) is 21.3 Å². The molecule has 0 saturated carbocycles. The van der Waals surface area contributed by atoms with E-state index in [0.29, 0.717) is 28.5 Å². The van der Waals surface area contributed by atoms with Crippen LogP contribution in [-0.2, 0) is 0 Å². The molecule has 0 fully saturated rings. The van der Waals surface area contributed by atoms with Crippen LogP contribution in [0.2, 0.25) is 0 Å². The number of nitrogens with one attached hydrogen (secondary N) is 2. The molecular weight excluding hydrogens is 376 g/mol. The predicted molar refractivity (Wildman–Crippen MR) is 114 cm³/mol. The van der Waals surface area contributed by atoms with Crippen molar-refractivity contribution in [2.45, 2.75) is 0 Å². The quantitative estimate of drug-likeness (QED) is 0.636. The molecule has 3 rings (SSSR count). The highest BCUT2D eigenvalue weighted by Crippen LogP contribution is 2.39. The molecule has 2 N–H and O–H groups in total. The van der Waals surface area contributed by atoms with Gasteiger partial charge in [-0.15, -0.1) is 0 Å². The maximum atomic E-state index is 12.7. The highest BCUT2D eigenvalue weighted by molar-refractivity contribution is 7.80. The number of benzene rings is 3. The average Bonchev–Trinajstić information content (AvgIpc) is 2.72. The van der Waals surface area contributed by atoms with Crippen LogP contribution in [-0.4, -0.2) is 32.3 Å². The maximum Gasteiger partial charge on any atom is 0.258 e. The second-order valence-corrected chi connectivity index (χ2v) is 6.26. The second kappa shape index (κ2) is 8.58. The number of ether oxygens (including phenoxy) is 3. The Morgan fingerprint density at radius 1 is 0.893 bits per heavy atom. The van der Waals surface area contributed by atoms with E-state index in [2.05, 4.69) is 10.6 Å². The van der Waals surface area contributed by atoms with E-state index in [1.54, 1.807) is 18.2 Å². The lowest BCUT2D eigenvalue weighted by atomic mass is 10.0. The molecule has 3 aromatic rings. The molecule has 0 aromatic heterocycles. The summed E-state index contributed by atoms with van der Waals surface area (Å²) in [6, 6.07) is 16.7. The lowest BCUT2D eigenvalue weighted by molar-refractivity contribution is 0.0979. The van der Waals surface area contributed by atoms with Gasteiger partial charge < -0.3 is 19.5 Å². The van der Waals surface area contributed by atoms with Crippen LogP contribution < -0.4 is 24.8 Å². The normalized spacial score (nSPS) is 10.2. The van der Waals surface area contributed by atoms with E-state index in [1.807, 2.05) is 36.4 Å². The number of carbonyl (C=O) groups excluding carboxylic acids is 1. The molecule has 3 aromatic carbocycles. The van der Waals surface area contributed by atoms with Gasteiger partial charge in [0, 0.05) is 23.4 Å². The van der Waals surface area contributed by atoms with Gasteiger partial charge in [-0.3, -0.25) is 10.1 Å². The zero-order valence-electron chi connectivity index (χ0n) is 15.7. The minimum Gasteiger partial charge on any atom is -0.493 e. The number of anilines is 1. The van der Waals surface area contributed by atoms with E-state index < -0.39 is 0 Å². The summed E-state index contributed by atoms with van der Waals surface area (Å²) in [5.74, 6) is 1.14. The van der Waals surface area contributed by atoms with Crippen molar-refractivity contribution in [3.8, 4) is 17.2 Å². The summed E-state index contributed by atoms with van der Waals surface area (Å²) in [5, 5.41) is 7.69. The number of fused-ring (bicyclic) bond motifs is 1. The first-order valence-electron chi connectivity index (χ1n) is 8.47. The van der Waals surface area contributed by atoms with Gasteiger partial charge in [0.1, 0.15) is 0 Å². The Morgan fingerprint density at radius 3 is 2.18 bits per heavy atom. The molecule has 6 nitrogen and oxygen atoms in total. The van der Waals surface area contributed by atoms with Crippen LogP contribution in [0.15, 0.2) is 54.6 Å². The summed E-state index contributed by atoms with van der Waals surface area (Å²) in [5.41, 5.74) is 1.14. The second-order valence-electron chi connectivity index (χ2n) is 5.85. The number of amides is 1. The van der Waals surface area contributed by atoms with Crippen molar-refractivity contribution < 1.29 is 19.0 Å². The molecule has 1 amide bonds. The Hall–Kier alpha value is -3.32. The van der Waals surface area contributed by atoms with Crippen molar-refractivity contribution in [3.63, 3.8) is 0 Å². The van der Waals surface area contributed by atoms with E-state index >= 15 is 0 Å². The van der Waals surface area contributed by atoms with Crippen LogP contribution in [0.5, 0.6) is 17.2 Å². The Balaban J connectivity index is 1.79. The molecule has 144 valence electrons. The summed E-state index contributed by atoms with van der Waals surface area (Å²) in [6.07, 6.45) is 0. The molecule has 0 heterocycles. The van der Waals surface area contributed by atoms with Gasteiger partial charge in [-0.05, 0) is 29.1 Å². The predicted octanol–water partition coefficient (Wildman–Crippen LogP) is 3.99. The fourth-order valence-corrected chi connectivity index (χ4v) is 3.12. The van der Waals surface area contributed by atoms with Crippen LogP contribution in [0, 0.1) is 0 Å². The van der Waals surface area contributed by atoms with E-state index in [4.69, 9.17) is 26.4 Å². The number of hydrogen-bond acceptors (Lipinski definition) is 5. The van der Waals surface area contributed by atoms with Gasteiger partial charge in [0.25, 0.3) is 5.91 Å². The zero-order valence-corrected chi connectivity index (χ0v) is 16.6.